The average Bonchev–Trinajstić information content (AvgIpc) is 3.24. The van der Waals surface area contributed by atoms with Gasteiger partial charge in [0.15, 0.2) is 0 Å². The van der Waals surface area contributed by atoms with Crippen LogP contribution in [-0.2, 0) is 17.8 Å². The van der Waals surface area contributed by atoms with Gasteiger partial charge in [-0.1, -0.05) is 30.3 Å². The molecule has 4 nitrogen and oxygen atoms in total. The van der Waals surface area contributed by atoms with Crippen molar-refractivity contribution in [3.8, 4) is 0 Å². The van der Waals surface area contributed by atoms with E-state index in [-0.39, 0.29) is 11.9 Å². The van der Waals surface area contributed by atoms with Crippen molar-refractivity contribution < 1.29 is 9.21 Å². The smallest absolute Gasteiger partial charge is 0.243 e. The first-order chi connectivity index (χ1) is 10.8. The van der Waals surface area contributed by atoms with Gasteiger partial charge < -0.3 is 14.3 Å². The summed E-state index contributed by atoms with van der Waals surface area (Å²) in [5.74, 6) is 0.732. The maximum Gasteiger partial charge on any atom is 0.243 e. The summed E-state index contributed by atoms with van der Waals surface area (Å²) in [6.07, 6.45) is 6.09. The topological polar surface area (TPSA) is 47.2 Å². The molecule has 0 aliphatic carbocycles. The number of carbonyl (C=O) groups is 1. The monoisotopic (exact) mass is 294 g/mol. The molecule has 2 aromatic heterocycles. The highest BCUT2D eigenvalue weighted by Crippen LogP contribution is 2.15. The Morgan fingerprint density at radius 1 is 1.05 bits per heavy atom. The van der Waals surface area contributed by atoms with Crippen LogP contribution in [0.3, 0.4) is 0 Å². The van der Waals surface area contributed by atoms with Crippen molar-refractivity contribution in [2.45, 2.75) is 19.0 Å². The maximum atomic E-state index is 12.6. The van der Waals surface area contributed by atoms with E-state index in [4.69, 9.17) is 4.42 Å². The van der Waals surface area contributed by atoms with Crippen LogP contribution < -0.4 is 5.32 Å². The third-order valence-corrected chi connectivity index (χ3v) is 3.58. The molecule has 0 radical (unpaired) electrons. The second kappa shape index (κ2) is 6.80. The summed E-state index contributed by atoms with van der Waals surface area (Å²) in [6, 6.07) is 17.3. The number of nitrogens with one attached hydrogen (secondary N) is 1. The van der Waals surface area contributed by atoms with Crippen LogP contribution in [0.1, 0.15) is 17.4 Å². The first-order valence-corrected chi connectivity index (χ1v) is 7.29. The normalized spacial score (nSPS) is 12.0. The Morgan fingerprint density at radius 3 is 2.50 bits per heavy atom. The lowest BCUT2D eigenvalue weighted by atomic mass is 10.1. The SMILES string of the molecule is O=C(NCc1ccco1)C(Cc1ccccc1)n1cccc1. The van der Waals surface area contributed by atoms with E-state index in [0.29, 0.717) is 13.0 Å². The Hall–Kier alpha value is -2.75. The van der Waals surface area contributed by atoms with Crippen LogP contribution >= 0.6 is 0 Å². The molecule has 1 amide bonds. The lowest BCUT2D eigenvalue weighted by molar-refractivity contribution is -0.124. The van der Waals surface area contributed by atoms with Crippen molar-refractivity contribution in [3.05, 3.63) is 84.6 Å². The minimum atomic E-state index is -0.271. The Labute approximate surface area is 129 Å². The van der Waals surface area contributed by atoms with Crippen molar-refractivity contribution in [1.29, 1.82) is 0 Å². The molecule has 0 aliphatic heterocycles. The molecule has 112 valence electrons. The standard InChI is InChI=1S/C18H18N2O2/c21-18(19-14-16-9-6-12-22-16)17(20-10-4-5-11-20)13-15-7-2-1-3-8-15/h1-12,17H,13-14H2,(H,19,21). The third kappa shape index (κ3) is 3.47. The molecule has 0 bridgehead atoms. The summed E-state index contributed by atoms with van der Waals surface area (Å²) < 4.78 is 7.19. The van der Waals surface area contributed by atoms with E-state index in [9.17, 15) is 4.79 Å². The molecule has 3 aromatic rings. The number of benzene rings is 1. The predicted molar refractivity (Wildman–Crippen MR) is 84.2 cm³/mol. The van der Waals surface area contributed by atoms with Gasteiger partial charge in [-0.25, -0.2) is 0 Å². The highest BCUT2D eigenvalue weighted by Gasteiger charge is 2.20. The molecule has 0 spiro atoms. The van der Waals surface area contributed by atoms with E-state index in [1.807, 2.05) is 71.6 Å². The van der Waals surface area contributed by atoms with E-state index in [2.05, 4.69) is 5.32 Å². The lowest BCUT2D eigenvalue weighted by Gasteiger charge is -2.18. The van der Waals surface area contributed by atoms with Crippen LogP contribution in [0.15, 0.2) is 77.7 Å². The zero-order valence-electron chi connectivity index (χ0n) is 12.2. The van der Waals surface area contributed by atoms with Crippen molar-refractivity contribution in [2.75, 3.05) is 0 Å². The largest absolute Gasteiger partial charge is 0.467 e. The van der Waals surface area contributed by atoms with Crippen LogP contribution in [0.2, 0.25) is 0 Å². The number of furan rings is 1. The summed E-state index contributed by atoms with van der Waals surface area (Å²) in [6.45, 7) is 0.401. The van der Waals surface area contributed by atoms with Gasteiger partial charge in [-0.05, 0) is 29.8 Å². The van der Waals surface area contributed by atoms with Crippen molar-refractivity contribution >= 4 is 5.91 Å². The number of amides is 1. The van der Waals surface area contributed by atoms with Crippen LogP contribution in [0.5, 0.6) is 0 Å². The first-order valence-electron chi connectivity index (χ1n) is 7.29. The highest BCUT2D eigenvalue weighted by atomic mass is 16.3. The minimum absolute atomic E-state index is 0.0172. The van der Waals surface area contributed by atoms with Crippen LogP contribution in [0, 0.1) is 0 Å². The summed E-state index contributed by atoms with van der Waals surface area (Å²) in [5.41, 5.74) is 1.13. The van der Waals surface area contributed by atoms with Crippen LogP contribution in [-0.4, -0.2) is 10.5 Å². The number of carbonyl (C=O) groups excluding carboxylic acids is 1. The number of hydrogen-bond donors (Lipinski definition) is 1. The van der Waals surface area contributed by atoms with Crippen molar-refractivity contribution in [3.63, 3.8) is 0 Å². The number of hydrogen-bond acceptors (Lipinski definition) is 2. The van der Waals surface area contributed by atoms with E-state index in [1.165, 1.54) is 0 Å². The number of aromatic nitrogens is 1. The zero-order chi connectivity index (χ0) is 15.2. The van der Waals surface area contributed by atoms with Gasteiger partial charge in [0.25, 0.3) is 0 Å². The molecule has 1 unspecified atom stereocenters. The molecule has 4 heteroatoms. The highest BCUT2D eigenvalue weighted by molar-refractivity contribution is 5.80. The Bertz CT molecular complexity index is 688. The molecule has 0 aliphatic rings. The number of rotatable bonds is 6. The molecule has 22 heavy (non-hydrogen) atoms. The Balaban J connectivity index is 1.72. The van der Waals surface area contributed by atoms with Gasteiger partial charge in [0.05, 0.1) is 12.8 Å². The van der Waals surface area contributed by atoms with Crippen LogP contribution in [0.4, 0.5) is 0 Å². The molecule has 1 aromatic carbocycles. The van der Waals surface area contributed by atoms with Gasteiger partial charge in [-0.15, -0.1) is 0 Å². The summed E-state index contributed by atoms with van der Waals surface area (Å²) >= 11 is 0. The lowest BCUT2D eigenvalue weighted by Crippen LogP contribution is -2.33. The van der Waals surface area contributed by atoms with Gasteiger partial charge >= 0.3 is 0 Å². The minimum Gasteiger partial charge on any atom is -0.467 e. The molecular weight excluding hydrogens is 276 g/mol. The van der Waals surface area contributed by atoms with Crippen LogP contribution in [0.25, 0.3) is 0 Å². The molecule has 1 atom stereocenters. The summed E-state index contributed by atoms with van der Waals surface area (Å²) in [4.78, 5) is 12.6. The van der Waals surface area contributed by atoms with Crippen molar-refractivity contribution in [1.82, 2.24) is 9.88 Å². The predicted octanol–water partition coefficient (Wildman–Crippen LogP) is 3.18. The Morgan fingerprint density at radius 2 is 1.82 bits per heavy atom. The van der Waals surface area contributed by atoms with Gasteiger partial charge in [0.1, 0.15) is 11.8 Å². The molecule has 0 saturated carbocycles. The third-order valence-electron chi connectivity index (χ3n) is 3.58. The second-order valence-corrected chi connectivity index (χ2v) is 5.13. The number of nitrogens with zero attached hydrogens (tertiary/aromatic N) is 1. The van der Waals surface area contributed by atoms with Gasteiger partial charge in [0.2, 0.25) is 5.91 Å². The fourth-order valence-electron chi connectivity index (χ4n) is 2.43. The fourth-order valence-corrected chi connectivity index (χ4v) is 2.43. The van der Waals surface area contributed by atoms with Crippen molar-refractivity contribution in [2.24, 2.45) is 0 Å². The molecule has 1 N–H and O–H groups in total. The van der Waals surface area contributed by atoms with E-state index >= 15 is 0 Å². The molecule has 3 rings (SSSR count). The molecule has 2 heterocycles. The zero-order valence-corrected chi connectivity index (χ0v) is 12.2. The second-order valence-electron chi connectivity index (χ2n) is 5.13. The summed E-state index contributed by atoms with van der Waals surface area (Å²) in [5, 5.41) is 2.94. The maximum absolute atomic E-state index is 12.6. The quantitative estimate of drug-likeness (QED) is 0.759. The molecular formula is C18H18N2O2. The Kier molecular flexibility index (Phi) is 4.39. The van der Waals surface area contributed by atoms with E-state index in [1.54, 1.807) is 6.26 Å². The molecule has 0 fully saturated rings. The first kappa shape index (κ1) is 14.2. The van der Waals surface area contributed by atoms with E-state index < -0.39 is 0 Å². The molecule has 0 saturated heterocycles. The average molecular weight is 294 g/mol. The van der Waals surface area contributed by atoms with Gasteiger partial charge in [0, 0.05) is 18.8 Å². The van der Waals surface area contributed by atoms with Gasteiger partial charge in [-0.2, -0.15) is 0 Å². The fraction of sp³-hybridized carbons (Fsp3) is 0.167. The van der Waals surface area contributed by atoms with E-state index in [0.717, 1.165) is 11.3 Å². The summed E-state index contributed by atoms with van der Waals surface area (Å²) in [7, 11) is 0. The van der Waals surface area contributed by atoms with Gasteiger partial charge in [-0.3, -0.25) is 4.79 Å².